The van der Waals surface area contributed by atoms with Gasteiger partial charge in [-0.1, -0.05) is 13.8 Å². The van der Waals surface area contributed by atoms with Gasteiger partial charge in [-0.2, -0.15) is 5.10 Å². The molecule has 1 aromatic heterocycles. The highest BCUT2D eigenvalue weighted by Crippen LogP contribution is 2.39. The summed E-state index contributed by atoms with van der Waals surface area (Å²) in [4.78, 5) is 29.2. The van der Waals surface area contributed by atoms with Crippen LogP contribution in [0.3, 0.4) is 0 Å². The van der Waals surface area contributed by atoms with E-state index in [1.807, 2.05) is 9.80 Å². The van der Waals surface area contributed by atoms with Crippen LogP contribution < -0.4 is 0 Å². The normalized spacial score (nSPS) is 24.4. The fourth-order valence-corrected chi connectivity index (χ4v) is 4.18. The van der Waals surface area contributed by atoms with E-state index in [-0.39, 0.29) is 17.2 Å². The van der Waals surface area contributed by atoms with Crippen molar-refractivity contribution in [2.75, 3.05) is 26.2 Å². The van der Waals surface area contributed by atoms with E-state index < -0.39 is 0 Å². The van der Waals surface area contributed by atoms with Crippen LogP contribution in [0.1, 0.15) is 56.4 Å². The van der Waals surface area contributed by atoms with Gasteiger partial charge in [-0.05, 0) is 37.7 Å². The van der Waals surface area contributed by atoms with E-state index in [1.165, 1.54) is 0 Å². The summed E-state index contributed by atoms with van der Waals surface area (Å²) in [5.41, 5.74) is 0.706. The number of aryl methyl sites for hydroxylation is 1. The van der Waals surface area contributed by atoms with Crippen molar-refractivity contribution in [1.29, 1.82) is 0 Å². The lowest BCUT2D eigenvalue weighted by atomic mass is 9.73. The van der Waals surface area contributed by atoms with Gasteiger partial charge in [-0.15, -0.1) is 0 Å². The molecule has 0 saturated carbocycles. The van der Waals surface area contributed by atoms with E-state index in [4.69, 9.17) is 0 Å². The van der Waals surface area contributed by atoms with Crippen molar-refractivity contribution in [1.82, 2.24) is 19.6 Å². The van der Waals surface area contributed by atoms with E-state index in [0.717, 1.165) is 51.9 Å². The second-order valence-corrected chi connectivity index (χ2v) is 8.17. The molecule has 1 atom stereocenters. The number of likely N-dealkylation sites (tertiary alicyclic amines) is 2. The zero-order valence-electron chi connectivity index (χ0n) is 15.7. The van der Waals surface area contributed by atoms with Crippen LogP contribution >= 0.6 is 0 Å². The highest BCUT2D eigenvalue weighted by atomic mass is 16.2. The summed E-state index contributed by atoms with van der Waals surface area (Å²) in [6, 6.07) is 1.78. The molecule has 1 unspecified atom stereocenters. The van der Waals surface area contributed by atoms with Crippen molar-refractivity contribution >= 4 is 11.8 Å². The zero-order valence-corrected chi connectivity index (χ0v) is 15.7. The molecule has 25 heavy (non-hydrogen) atoms. The van der Waals surface area contributed by atoms with Crippen molar-refractivity contribution in [3.63, 3.8) is 0 Å². The largest absolute Gasteiger partial charge is 0.342 e. The van der Waals surface area contributed by atoms with Gasteiger partial charge >= 0.3 is 0 Å². The van der Waals surface area contributed by atoms with Crippen molar-refractivity contribution in [3.8, 4) is 0 Å². The van der Waals surface area contributed by atoms with Crippen LogP contribution in [0.4, 0.5) is 0 Å². The predicted octanol–water partition coefficient (Wildman–Crippen LogP) is 2.31. The zero-order chi connectivity index (χ0) is 18.0. The third kappa shape index (κ3) is 3.88. The minimum atomic E-state index is 0.0599. The fraction of sp³-hybridized carbons (Fsp3) is 0.737. The van der Waals surface area contributed by atoms with Crippen molar-refractivity contribution in [3.05, 3.63) is 18.0 Å². The Hall–Kier alpha value is -1.85. The Labute approximate surface area is 150 Å². The third-order valence-electron chi connectivity index (χ3n) is 5.71. The number of carbonyl (C=O) groups excluding carboxylic acids is 2. The van der Waals surface area contributed by atoms with E-state index in [1.54, 1.807) is 24.0 Å². The second-order valence-electron chi connectivity index (χ2n) is 8.17. The summed E-state index contributed by atoms with van der Waals surface area (Å²) in [6.07, 6.45) is 6.34. The van der Waals surface area contributed by atoms with Gasteiger partial charge in [0, 0.05) is 51.3 Å². The molecule has 2 aliphatic heterocycles. The molecule has 0 radical (unpaired) electrons. The first-order valence-electron chi connectivity index (χ1n) is 9.45. The first-order valence-corrected chi connectivity index (χ1v) is 9.45. The molecule has 2 fully saturated rings. The van der Waals surface area contributed by atoms with Gasteiger partial charge in [-0.25, -0.2) is 0 Å². The Balaban J connectivity index is 1.70. The molecule has 2 amide bonds. The molecule has 138 valence electrons. The number of hydrogen-bond acceptors (Lipinski definition) is 3. The minimum Gasteiger partial charge on any atom is -0.342 e. The molecular formula is C19H30N4O2. The Morgan fingerprint density at radius 2 is 2.12 bits per heavy atom. The van der Waals surface area contributed by atoms with Crippen LogP contribution in [0.25, 0.3) is 0 Å². The van der Waals surface area contributed by atoms with E-state index in [9.17, 15) is 9.59 Å². The van der Waals surface area contributed by atoms with Crippen LogP contribution in [-0.4, -0.2) is 57.6 Å². The molecule has 0 N–H and O–H groups in total. The molecule has 1 spiro atoms. The Morgan fingerprint density at radius 3 is 2.80 bits per heavy atom. The molecule has 3 heterocycles. The lowest BCUT2D eigenvalue weighted by Crippen LogP contribution is -2.55. The smallest absolute Gasteiger partial charge is 0.272 e. The third-order valence-corrected chi connectivity index (χ3v) is 5.71. The van der Waals surface area contributed by atoms with Crippen LogP contribution in [-0.2, 0) is 11.8 Å². The molecule has 0 aliphatic carbocycles. The minimum absolute atomic E-state index is 0.0599. The maximum Gasteiger partial charge on any atom is 0.272 e. The number of nitrogens with zero attached hydrogens (tertiary/aromatic N) is 4. The summed E-state index contributed by atoms with van der Waals surface area (Å²) in [5, 5.41) is 4.12. The van der Waals surface area contributed by atoms with Gasteiger partial charge in [0.2, 0.25) is 5.91 Å². The molecule has 2 saturated heterocycles. The van der Waals surface area contributed by atoms with E-state index in [2.05, 4.69) is 18.9 Å². The summed E-state index contributed by atoms with van der Waals surface area (Å²) < 4.78 is 1.64. The Morgan fingerprint density at radius 1 is 1.32 bits per heavy atom. The maximum absolute atomic E-state index is 12.9. The molecule has 1 aromatic rings. The van der Waals surface area contributed by atoms with Crippen molar-refractivity contribution in [2.45, 2.75) is 46.0 Å². The van der Waals surface area contributed by atoms with Crippen LogP contribution in [0.2, 0.25) is 0 Å². The molecule has 0 aromatic carbocycles. The van der Waals surface area contributed by atoms with Gasteiger partial charge in [0.15, 0.2) is 0 Å². The lowest BCUT2D eigenvalue weighted by Gasteiger charge is -2.48. The fourth-order valence-electron chi connectivity index (χ4n) is 4.18. The monoisotopic (exact) mass is 346 g/mol. The number of piperidine rings is 2. The van der Waals surface area contributed by atoms with Gasteiger partial charge < -0.3 is 9.80 Å². The number of aromatic nitrogens is 2. The Kier molecular flexibility index (Phi) is 5.16. The quantitative estimate of drug-likeness (QED) is 0.841. The van der Waals surface area contributed by atoms with Gasteiger partial charge in [0.25, 0.3) is 5.91 Å². The van der Waals surface area contributed by atoms with E-state index >= 15 is 0 Å². The first-order chi connectivity index (χ1) is 11.9. The summed E-state index contributed by atoms with van der Waals surface area (Å²) >= 11 is 0. The average molecular weight is 346 g/mol. The van der Waals surface area contributed by atoms with Crippen molar-refractivity contribution in [2.24, 2.45) is 18.4 Å². The first kappa shape index (κ1) is 18.0. The van der Waals surface area contributed by atoms with E-state index in [0.29, 0.717) is 18.0 Å². The summed E-state index contributed by atoms with van der Waals surface area (Å²) in [5.74, 6) is 0.936. The maximum atomic E-state index is 12.9. The Bertz CT molecular complexity index is 639. The number of rotatable bonds is 4. The average Bonchev–Trinajstić information content (AvgIpc) is 3.01. The summed E-state index contributed by atoms with van der Waals surface area (Å²) in [7, 11) is 1.81. The van der Waals surface area contributed by atoms with Gasteiger partial charge in [0.05, 0.1) is 0 Å². The number of carbonyl (C=O) groups is 2. The van der Waals surface area contributed by atoms with Crippen LogP contribution in [0.5, 0.6) is 0 Å². The molecule has 6 heteroatoms. The highest BCUT2D eigenvalue weighted by Gasteiger charge is 2.42. The molecule has 6 nitrogen and oxygen atoms in total. The number of amides is 2. The molecule has 2 aliphatic rings. The second kappa shape index (κ2) is 7.18. The molecule has 0 bridgehead atoms. The van der Waals surface area contributed by atoms with Crippen LogP contribution in [0.15, 0.2) is 12.3 Å². The highest BCUT2D eigenvalue weighted by molar-refractivity contribution is 5.92. The van der Waals surface area contributed by atoms with Crippen molar-refractivity contribution < 1.29 is 9.59 Å². The predicted molar refractivity (Wildman–Crippen MR) is 96.0 cm³/mol. The molecule has 3 rings (SSSR count). The van der Waals surface area contributed by atoms with Gasteiger partial charge in [-0.3, -0.25) is 14.3 Å². The standard InChI is InChI=1S/C19H30N4O2/c1-15(2)7-12-22-13-19(9-5-17(22)24)8-4-11-23(14-19)18(25)16-6-10-20-21(16)3/h6,10,15H,4-5,7-9,11-14H2,1-3H3. The van der Waals surface area contributed by atoms with Crippen LogP contribution in [0, 0.1) is 11.3 Å². The molecular weight excluding hydrogens is 316 g/mol. The van der Waals surface area contributed by atoms with Gasteiger partial charge in [0.1, 0.15) is 5.69 Å². The summed E-state index contributed by atoms with van der Waals surface area (Å²) in [6.45, 7) is 7.58. The lowest BCUT2D eigenvalue weighted by molar-refractivity contribution is -0.139. The topological polar surface area (TPSA) is 58.4 Å². The number of hydrogen-bond donors (Lipinski definition) is 0. The SMILES string of the molecule is CC(C)CCN1CC2(CCCN(C(=O)c3ccnn3C)C2)CCC1=O.